The first-order valence-electron chi connectivity index (χ1n) is 9.71. The fraction of sp³-hybridized carbons (Fsp3) is 0.458. The van der Waals surface area contributed by atoms with E-state index in [-0.39, 0.29) is 22.1 Å². The Balaban J connectivity index is 1.80. The lowest BCUT2D eigenvalue weighted by Crippen LogP contribution is -2.30. The van der Waals surface area contributed by atoms with Crippen LogP contribution in [0.25, 0.3) is 0 Å². The summed E-state index contributed by atoms with van der Waals surface area (Å²) in [4.78, 5) is 15.1. The monoisotopic (exact) mass is 381 g/mol. The van der Waals surface area contributed by atoms with Gasteiger partial charge in [0.2, 0.25) is 0 Å². The van der Waals surface area contributed by atoms with Gasteiger partial charge in [0.1, 0.15) is 5.37 Å². The van der Waals surface area contributed by atoms with E-state index < -0.39 is 0 Å². The van der Waals surface area contributed by atoms with Crippen molar-refractivity contribution in [1.82, 2.24) is 4.90 Å². The second kappa shape index (κ2) is 7.35. The van der Waals surface area contributed by atoms with Crippen molar-refractivity contribution in [2.45, 2.75) is 57.7 Å². The summed E-state index contributed by atoms with van der Waals surface area (Å²) in [6.07, 6.45) is 0. The number of carbonyl (C=O) groups excluding carboxylic acids is 1. The van der Waals surface area contributed by atoms with Gasteiger partial charge in [-0.2, -0.15) is 0 Å². The highest BCUT2D eigenvalue weighted by molar-refractivity contribution is 7.99. The Morgan fingerprint density at radius 2 is 1.33 bits per heavy atom. The second-order valence-electron chi connectivity index (χ2n) is 9.42. The van der Waals surface area contributed by atoms with Gasteiger partial charge in [-0.1, -0.05) is 77.9 Å². The van der Waals surface area contributed by atoms with E-state index in [0.717, 1.165) is 17.9 Å². The molecule has 2 aromatic rings. The molecule has 1 saturated heterocycles. The van der Waals surface area contributed by atoms with Gasteiger partial charge in [-0.15, -0.1) is 11.8 Å². The highest BCUT2D eigenvalue weighted by Gasteiger charge is 2.31. The molecule has 1 amide bonds. The average molecular weight is 382 g/mol. The topological polar surface area (TPSA) is 20.3 Å². The van der Waals surface area contributed by atoms with Crippen LogP contribution in [-0.2, 0) is 10.8 Å². The van der Waals surface area contributed by atoms with E-state index in [1.165, 1.54) is 16.7 Å². The van der Waals surface area contributed by atoms with Gasteiger partial charge in [-0.05, 0) is 39.7 Å². The van der Waals surface area contributed by atoms with E-state index in [1.54, 1.807) is 0 Å². The molecule has 2 nitrogen and oxygen atoms in total. The molecule has 0 unspecified atom stereocenters. The Hall–Kier alpha value is -1.74. The van der Waals surface area contributed by atoms with Crippen LogP contribution in [0.2, 0.25) is 0 Å². The minimum atomic E-state index is 0.0996. The largest absolute Gasteiger partial charge is 0.322 e. The quantitative estimate of drug-likeness (QED) is 0.620. The third-order valence-electron chi connectivity index (χ3n) is 5.21. The van der Waals surface area contributed by atoms with E-state index in [0.29, 0.717) is 0 Å². The van der Waals surface area contributed by atoms with Crippen molar-refractivity contribution >= 4 is 17.7 Å². The van der Waals surface area contributed by atoms with Crippen LogP contribution >= 0.6 is 11.8 Å². The summed E-state index contributed by atoms with van der Waals surface area (Å²) in [6.45, 7) is 14.1. The summed E-state index contributed by atoms with van der Waals surface area (Å²) < 4.78 is 0. The van der Waals surface area contributed by atoms with E-state index in [1.807, 2.05) is 28.8 Å². The summed E-state index contributed by atoms with van der Waals surface area (Å²) in [5.41, 5.74) is 4.81. The number of hydrogen-bond acceptors (Lipinski definition) is 2. The summed E-state index contributed by atoms with van der Waals surface area (Å²) >= 11 is 1.85. The van der Waals surface area contributed by atoms with Gasteiger partial charge >= 0.3 is 0 Å². The van der Waals surface area contributed by atoms with Crippen molar-refractivity contribution in [3.8, 4) is 0 Å². The van der Waals surface area contributed by atoms with Crippen LogP contribution in [0, 0.1) is 0 Å². The maximum atomic E-state index is 13.1. The van der Waals surface area contributed by atoms with Gasteiger partial charge in [0.05, 0.1) is 0 Å². The number of thioether (sulfide) groups is 1. The molecule has 1 heterocycles. The van der Waals surface area contributed by atoms with Gasteiger partial charge in [0, 0.05) is 17.9 Å². The van der Waals surface area contributed by atoms with Crippen LogP contribution in [0.5, 0.6) is 0 Å². The van der Waals surface area contributed by atoms with Crippen LogP contribution in [0.4, 0.5) is 0 Å². The predicted octanol–water partition coefficient (Wildman–Crippen LogP) is 6.17. The van der Waals surface area contributed by atoms with Crippen molar-refractivity contribution in [2.24, 2.45) is 0 Å². The smallest absolute Gasteiger partial charge is 0.255 e. The molecule has 3 rings (SSSR count). The molecule has 0 aromatic heterocycles. The molecule has 1 aliphatic heterocycles. The molecule has 0 radical (unpaired) electrons. The van der Waals surface area contributed by atoms with Gasteiger partial charge in [0.25, 0.3) is 5.91 Å². The Morgan fingerprint density at radius 1 is 0.852 bits per heavy atom. The molecular formula is C24H31NOS. The first-order chi connectivity index (χ1) is 12.6. The Morgan fingerprint density at radius 3 is 1.81 bits per heavy atom. The van der Waals surface area contributed by atoms with Crippen LogP contribution in [0.15, 0.2) is 48.5 Å². The molecular weight excluding hydrogens is 350 g/mol. The molecule has 144 valence electrons. The van der Waals surface area contributed by atoms with Crippen molar-refractivity contribution < 1.29 is 4.79 Å². The molecule has 0 aliphatic carbocycles. The molecule has 1 aliphatic rings. The van der Waals surface area contributed by atoms with E-state index in [2.05, 4.69) is 77.9 Å². The zero-order valence-corrected chi connectivity index (χ0v) is 18.2. The van der Waals surface area contributed by atoms with Gasteiger partial charge in [-0.25, -0.2) is 0 Å². The third-order valence-corrected chi connectivity index (χ3v) is 6.47. The first-order valence-corrected chi connectivity index (χ1v) is 10.8. The number of amides is 1. The fourth-order valence-electron chi connectivity index (χ4n) is 3.38. The minimum Gasteiger partial charge on any atom is -0.322 e. The SMILES string of the molecule is CC(C)(C)c1ccc(C(=O)N2CCS[C@H]2c2ccc(C(C)(C)C)cc2)cc1. The molecule has 0 N–H and O–H groups in total. The predicted molar refractivity (Wildman–Crippen MR) is 117 cm³/mol. The lowest BCUT2D eigenvalue weighted by Gasteiger charge is -2.26. The highest BCUT2D eigenvalue weighted by atomic mass is 32.2. The van der Waals surface area contributed by atoms with Crippen LogP contribution in [0.1, 0.15) is 74.0 Å². The number of carbonyl (C=O) groups is 1. The molecule has 2 aromatic carbocycles. The van der Waals surface area contributed by atoms with Crippen LogP contribution in [-0.4, -0.2) is 23.1 Å². The lowest BCUT2D eigenvalue weighted by atomic mass is 9.86. The lowest BCUT2D eigenvalue weighted by molar-refractivity contribution is 0.0760. The summed E-state index contributed by atoms with van der Waals surface area (Å²) in [6, 6.07) is 16.9. The van der Waals surface area contributed by atoms with E-state index in [9.17, 15) is 4.79 Å². The Bertz CT molecular complexity index is 794. The Labute approximate surface area is 168 Å². The average Bonchev–Trinajstić information content (AvgIpc) is 3.09. The van der Waals surface area contributed by atoms with E-state index in [4.69, 9.17) is 0 Å². The summed E-state index contributed by atoms with van der Waals surface area (Å²) in [7, 11) is 0. The minimum absolute atomic E-state index is 0.0996. The molecule has 1 atom stereocenters. The summed E-state index contributed by atoms with van der Waals surface area (Å²) in [5, 5.41) is 0.105. The number of nitrogens with zero attached hydrogens (tertiary/aromatic N) is 1. The van der Waals surface area contributed by atoms with Gasteiger partial charge in [0.15, 0.2) is 0 Å². The number of hydrogen-bond donors (Lipinski definition) is 0. The highest BCUT2D eigenvalue weighted by Crippen LogP contribution is 2.39. The number of rotatable bonds is 2. The molecule has 27 heavy (non-hydrogen) atoms. The third kappa shape index (κ3) is 4.40. The fourth-order valence-corrected chi connectivity index (χ4v) is 4.64. The van der Waals surface area contributed by atoms with Crippen molar-refractivity contribution in [3.05, 3.63) is 70.8 Å². The van der Waals surface area contributed by atoms with Crippen molar-refractivity contribution in [2.75, 3.05) is 12.3 Å². The van der Waals surface area contributed by atoms with Crippen LogP contribution < -0.4 is 0 Å². The van der Waals surface area contributed by atoms with E-state index >= 15 is 0 Å². The molecule has 1 fully saturated rings. The standard InChI is InChI=1S/C24H31NOS/c1-23(2,3)19-11-7-17(8-12-19)21(26)25-15-16-27-22(25)18-9-13-20(14-10-18)24(4,5)6/h7-14,22H,15-16H2,1-6H3/t22-/m0/s1. The zero-order valence-electron chi connectivity index (χ0n) is 17.4. The van der Waals surface area contributed by atoms with Crippen molar-refractivity contribution in [3.63, 3.8) is 0 Å². The molecule has 0 spiro atoms. The normalized spacial score (nSPS) is 18.0. The maximum Gasteiger partial charge on any atom is 0.255 e. The van der Waals surface area contributed by atoms with Gasteiger partial charge < -0.3 is 4.90 Å². The second-order valence-corrected chi connectivity index (χ2v) is 10.6. The van der Waals surface area contributed by atoms with Crippen LogP contribution in [0.3, 0.4) is 0 Å². The zero-order chi connectivity index (χ0) is 19.8. The molecule has 0 saturated carbocycles. The maximum absolute atomic E-state index is 13.1. The first kappa shape index (κ1) is 20.0. The molecule has 3 heteroatoms. The molecule has 0 bridgehead atoms. The Kier molecular flexibility index (Phi) is 5.45. The summed E-state index contributed by atoms with van der Waals surface area (Å²) in [5.74, 6) is 1.11. The van der Waals surface area contributed by atoms with Crippen molar-refractivity contribution in [1.29, 1.82) is 0 Å². The van der Waals surface area contributed by atoms with Gasteiger partial charge in [-0.3, -0.25) is 4.79 Å². The number of benzene rings is 2.